The quantitative estimate of drug-likeness (QED) is 0.567. The van der Waals surface area contributed by atoms with Crippen molar-refractivity contribution in [2.75, 3.05) is 5.43 Å². The number of halogens is 3. The van der Waals surface area contributed by atoms with Gasteiger partial charge in [0.15, 0.2) is 0 Å². The third kappa shape index (κ3) is 3.58. The van der Waals surface area contributed by atoms with E-state index < -0.39 is 11.7 Å². The van der Waals surface area contributed by atoms with Gasteiger partial charge >= 0.3 is 6.18 Å². The molecule has 0 atom stereocenters. The Hall–Kier alpha value is -3.16. The first-order valence-electron chi connectivity index (χ1n) is 7.86. The van der Waals surface area contributed by atoms with Crippen molar-refractivity contribution in [3.8, 4) is 0 Å². The molecule has 0 saturated carbocycles. The number of anilines is 1. The lowest BCUT2D eigenvalue weighted by Crippen LogP contribution is -2.23. The molecule has 26 heavy (non-hydrogen) atoms. The van der Waals surface area contributed by atoms with Gasteiger partial charge in [-0.15, -0.1) is 0 Å². The second-order valence-electron chi connectivity index (χ2n) is 5.49. The van der Waals surface area contributed by atoms with E-state index in [0.717, 1.165) is 12.1 Å². The molecular formula is C18H15F3N4O. The molecule has 3 aromatic rings. The number of rotatable bonds is 4. The molecule has 0 aliphatic rings. The van der Waals surface area contributed by atoms with Crippen LogP contribution in [0.15, 0.2) is 58.4 Å². The highest BCUT2D eigenvalue weighted by molar-refractivity contribution is 5.81. The number of alkyl halides is 3. The molecule has 0 bridgehead atoms. The SMILES string of the molecule is CCn1c(N/N=C\c2ccc(C(F)(F)F)cc2)nc2ccccc2c1=O. The van der Waals surface area contributed by atoms with Gasteiger partial charge in [0.1, 0.15) is 0 Å². The summed E-state index contributed by atoms with van der Waals surface area (Å²) in [5, 5.41) is 4.49. The van der Waals surface area contributed by atoms with Gasteiger partial charge in [0.05, 0.1) is 22.7 Å². The molecule has 0 saturated heterocycles. The van der Waals surface area contributed by atoms with Crippen LogP contribution in [-0.4, -0.2) is 15.8 Å². The minimum Gasteiger partial charge on any atom is -0.277 e. The van der Waals surface area contributed by atoms with Crippen LogP contribution in [0.4, 0.5) is 19.1 Å². The number of fused-ring (bicyclic) bond motifs is 1. The van der Waals surface area contributed by atoms with Gasteiger partial charge in [-0.2, -0.15) is 18.3 Å². The van der Waals surface area contributed by atoms with E-state index in [0.29, 0.717) is 23.0 Å². The number of hydrogen-bond acceptors (Lipinski definition) is 4. The largest absolute Gasteiger partial charge is 0.416 e. The summed E-state index contributed by atoms with van der Waals surface area (Å²) >= 11 is 0. The Bertz CT molecular complexity index is 1010. The molecule has 5 nitrogen and oxygen atoms in total. The fourth-order valence-electron chi connectivity index (χ4n) is 2.47. The zero-order valence-electron chi connectivity index (χ0n) is 13.8. The maximum atomic E-state index is 12.6. The van der Waals surface area contributed by atoms with Crippen LogP contribution in [-0.2, 0) is 12.7 Å². The molecule has 3 rings (SSSR count). The lowest BCUT2D eigenvalue weighted by molar-refractivity contribution is -0.137. The maximum Gasteiger partial charge on any atom is 0.416 e. The summed E-state index contributed by atoms with van der Waals surface area (Å²) in [6.07, 6.45) is -3.01. The van der Waals surface area contributed by atoms with E-state index in [-0.39, 0.29) is 11.5 Å². The Balaban J connectivity index is 1.85. The van der Waals surface area contributed by atoms with Crippen LogP contribution in [0.2, 0.25) is 0 Å². The minimum absolute atomic E-state index is 0.190. The summed E-state index contributed by atoms with van der Waals surface area (Å²) in [5.74, 6) is 0.263. The van der Waals surface area contributed by atoms with E-state index in [1.807, 2.05) is 6.92 Å². The van der Waals surface area contributed by atoms with Crippen molar-refractivity contribution in [3.05, 3.63) is 70.0 Å². The maximum absolute atomic E-state index is 12.6. The summed E-state index contributed by atoms with van der Waals surface area (Å²) in [5.41, 5.74) is 2.80. The van der Waals surface area contributed by atoms with Gasteiger partial charge in [-0.1, -0.05) is 24.3 Å². The fourth-order valence-corrected chi connectivity index (χ4v) is 2.47. The van der Waals surface area contributed by atoms with Crippen molar-refractivity contribution >= 4 is 23.1 Å². The molecule has 0 fully saturated rings. The van der Waals surface area contributed by atoms with E-state index in [2.05, 4.69) is 15.5 Å². The van der Waals surface area contributed by atoms with Crippen molar-refractivity contribution in [2.45, 2.75) is 19.6 Å². The average Bonchev–Trinajstić information content (AvgIpc) is 2.62. The number of aromatic nitrogens is 2. The van der Waals surface area contributed by atoms with Crippen molar-refractivity contribution in [2.24, 2.45) is 5.10 Å². The van der Waals surface area contributed by atoms with E-state index in [4.69, 9.17) is 0 Å². The number of benzene rings is 2. The molecule has 1 heterocycles. The molecule has 0 spiro atoms. The number of para-hydroxylation sites is 1. The Morgan fingerprint density at radius 3 is 2.50 bits per heavy atom. The molecule has 8 heteroatoms. The lowest BCUT2D eigenvalue weighted by Gasteiger charge is -2.10. The summed E-state index contributed by atoms with van der Waals surface area (Å²) in [6.45, 7) is 2.21. The highest BCUT2D eigenvalue weighted by Gasteiger charge is 2.29. The van der Waals surface area contributed by atoms with Gasteiger partial charge < -0.3 is 0 Å². The fraction of sp³-hybridized carbons (Fsp3) is 0.167. The van der Waals surface area contributed by atoms with E-state index in [1.54, 1.807) is 24.3 Å². The first-order valence-corrected chi connectivity index (χ1v) is 7.86. The highest BCUT2D eigenvalue weighted by Crippen LogP contribution is 2.28. The molecule has 0 amide bonds. The standard InChI is InChI=1S/C18H15F3N4O/c1-2-25-16(26)14-5-3-4-6-15(14)23-17(25)24-22-11-12-7-9-13(10-8-12)18(19,20)21/h3-11H,2H2,1H3,(H,23,24)/b22-11-. The number of hydrazone groups is 1. The van der Waals surface area contributed by atoms with Crippen molar-refractivity contribution < 1.29 is 13.2 Å². The third-order valence-corrected chi connectivity index (χ3v) is 3.79. The van der Waals surface area contributed by atoms with Gasteiger partial charge in [0.2, 0.25) is 5.95 Å². The van der Waals surface area contributed by atoms with Gasteiger partial charge in [-0.25, -0.2) is 10.4 Å². The second kappa shape index (κ2) is 6.99. The Kier molecular flexibility index (Phi) is 4.75. The molecule has 0 unspecified atom stereocenters. The van der Waals surface area contributed by atoms with Gasteiger partial charge in [-0.3, -0.25) is 9.36 Å². The molecule has 0 aliphatic carbocycles. The Morgan fingerprint density at radius 2 is 1.85 bits per heavy atom. The van der Waals surface area contributed by atoms with Crippen LogP contribution in [0, 0.1) is 0 Å². The zero-order chi connectivity index (χ0) is 18.7. The first-order chi connectivity index (χ1) is 12.4. The number of nitrogens with one attached hydrogen (secondary N) is 1. The molecule has 0 aliphatic heterocycles. The van der Waals surface area contributed by atoms with Crippen molar-refractivity contribution in [1.29, 1.82) is 0 Å². The molecule has 2 aromatic carbocycles. The van der Waals surface area contributed by atoms with Crippen LogP contribution in [0.3, 0.4) is 0 Å². The topological polar surface area (TPSA) is 59.3 Å². The smallest absolute Gasteiger partial charge is 0.277 e. The molecule has 134 valence electrons. The predicted octanol–water partition coefficient (Wildman–Crippen LogP) is 3.88. The van der Waals surface area contributed by atoms with Crippen LogP contribution in [0.5, 0.6) is 0 Å². The van der Waals surface area contributed by atoms with E-state index in [1.165, 1.54) is 22.9 Å². The Labute approximate surface area is 146 Å². The molecule has 1 N–H and O–H groups in total. The summed E-state index contributed by atoms with van der Waals surface area (Å²) < 4.78 is 39.1. The molecule has 1 aromatic heterocycles. The van der Waals surface area contributed by atoms with Gasteiger partial charge in [0, 0.05) is 6.54 Å². The zero-order valence-corrected chi connectivity index (χ0v) is 13.8. The first kappa shape index (κ1) is 17.7. The second-order valence-corrected chi connectivity index (χ2v) is 5.49. The van der Waals surface area contributed by atoms with Gasteiger partial charge in [-0.05, 0) is 36.8 Å². The van der Waals surface area contributed by atoms with Crippen LogP contribution >= 0.6 is 0 Å². The molecule has 0 radical (unpaired) electrons. The summed E-state index contributed by atoms with van der Waals surface area (Å²) in [4.78, 5) is 16.8. The third-order valence-electron chi connectivity index (χ3n) is 3.79. The average molecular weight is 360 g/mol. The summed E-state index contributed by atoms with van der Waals surface area (Å²) in [6, 6.07) is 11.6. The van der Waals surface area contributed by atoms with Crippen LogP contribution in [0.1, 0.15) is 18.1 Å². The Morgan fingerprint density at radius 1 is 1.15 bits per heavy atom. The summed E-state index contributed by atoms with van der Waals surface area (Å²) in [7, 11) is 0. The van der Waals surface area contributed by atoms with Gasteiger partial charge in [0.25, 0.3) is 5.56 Å². The van der Waals surface area contributed by atoms with Crippen molar-refractivity contribution in [3.63, 3.8) is 0 Å². The van der Waals surface area contributed by atoms with Crippen LogP contribution in [0.25, 0.3) is 10.9 Å². The van der Waals surface area contributed by atoms with E-state index >= 15 is 0 Å². The number of hydrogen-bond donors (Lipinski definition) is 1. The number of nitrogens with zero attached hydrogens (tertiary/aromatic N) is 3. The lowest BCUT2D eigenvalue weighted by atomic mass is 10.1. The highest BCUT2D eigenvalue weighted by atomic mass is 19.4. The molecular weight excluding hydrogens is 345 g/mol. The minimum atomic E-state index is -4.37. The monoisotopic (exact) mass is 360 g/mol. The predicted molar refractivity (Wildman–Crippen MR) is 94.3 cm³/mol. The normalized spacial score (nSPS) is 12.0. The van der Waals surface area contributed by atoms with E-state index in [9.17, 15) is 18.0 Å². The van der Waals surface area contributed by atoms with Crippen molar-refractivity contribution in [1.82, 2.24) is 9.55 Å². The van der Waals surface area contributed by atoms with Crippen LogP contribution < -0.4 is 11.0 Å².